The Morgan fingerprint density at radius 1 is 1.50 bits per heavy atom. The van der Waals surface area contributed by atoms with Gasteiger partial charge < -0.3 is 14.7 Å². The average Bonchev–Trinajstić information content (AvgIpc) is 2.97. The largest absolute Gasteiger partial charge is 0.460 e. The minimum Gasteiger partial charge on any atom is -0.460 e. The number of carbonyl (C=O) groups is 1. The van der Waals surface area contributed by atoms with Gasteiger partial charge in [-0.1, -0.05) is 6.07 Å². The van der Waals surface area contributed by atoms with Crippen LogP contribution in [0, 0.1) is 0 Å². The summed E-state index contributed by atoms with van der Waals surface area (Å²) in [5, 5.41) is 9.79. The topological polar surface area (TPSA) is 62.7 Å². The molecular weight excluding hydrogens is 256 g/mol. The molecule has 1 saturated heterocycles. The molecular formula is C15H20N2O3. The van der Waals surface area contributed by atoms with Gasteiger partial charge >= 0.3 is 5.97 Å². The fourth-order valence-corrected chi connectivity index (χ4v) is 2.18. The lowest BCUT2D eigenvalue weighted by Gasteiger charge is -2.18. The molecule has 0 aromatic carbocycles. The Bertz CT molecular complexity index is 442. The second kappa shape index (κ2) is 7.77. The molecule has 0 spiro atoms. The molecule has 0 bridgehead atoms. The van der Waals surface area contributed by atoms with Crippen LogP contribution in [0.4, 0.5) is 0 Å². The fourth-order valence-electron chi connectivity index (χ4n) is 2.18. The zero-order valence-corrected chi connectivity index (χ0v) is 11.4. The van der Waals surface area contributed by atoms with Crippen molar-refractivity contribution in [2.45, 2.75) is 18.9 Å². The van der Waals surface area contributed by atoms with E-state index in [1.807, 2.05) is 6.07 Å². The first-order chi connectivity index (χ1) is 9.74. The summed E-state index contributed by atoms with van der Waals surface area (Å²) in [6.07, 6.45) is 8.06. The van der Waals surface area contributed by atoms with Gasteiger partial charge in [0, 0.05) is 25.0 Å². The van der Waals surface area contributed by atoms with Crippen molar-refractivity contribution in [2.75, 3.05) is 26.2 Å². The Balaban J connectivity index is 1.67. The molecule has 1 aromatic heterocycles. The predicted molar refractivity (Wildman–Crippen MR) is 75.9 cm³/mol. The second-order valence-electron chi connectivity index (χ2n) is 4.91. The molecule has 1 aliphatic heterocycles. The number of aliphatic hydroxyl groups excluding tert-OH is 1. The fraction of sp³-hybridized carbons (Fsp3) is 0.467. The Kier molecular flexibility index (Phi) is 5.70. The van der Waals surface area contributed by atoms with Crippen molar-refractivity contribution < 1.29 is 14.6 Å². The third-order valence-corrected chi connectivity index (χ3v) is 3.18. The Labute approximate surface area is 118 Å². The van der Waals surface area contributed by atoms with Crippen LogP contribution in [0.15, 0.2) is 30.6 Å². The highest BCUT2D eigenvalue weighted by Gasteiger charge is 2.16. The summed E-state index contributed by atoms with van der Waals surface area (Å²) in [5.41, 5.74) is 0.835. The normalized spacial score (nSPS) is 17.4. The maximum Gasteiger partial charge on any atom is 0.330 e. The van der Waals surface area contributed by atoms with Crippen molar-refractivity contribution >= 4 is 12.0 Å². The number of aliphatic hydroxyl groups is 1. The number of rotatable bonds is 6. The first-order valence-corrected chi connectivity index (χ1v) is 6.89. The van der Waals surface area contributed by atoms with E-state index in [-0.39, 0.29) is 6.61 Å². The highest BCUT2D eigenvalue weighted by Crippen LogP contribution is 2.07. The number of likely N-dealkylation sites (tertiary alicyclic amines) is 1. The Morgan fingerprint density at radius 2 is 2.30 bits per heavy atom. The number of hydrogen-bond donors (Lipinski definition) is 1. The highest BCUT2D eigenvalue weighted by atomic mass is 16.5. The summed E-state index contributed by atoms with van der Waals surface area (Å²) in [4.78, 5) is 17.6. The highest BCUT2D eigenvalue weighted by molar-refractivity contribution is 5.86. The maximum absolute atomic E-state index is 11.5. The van der Waals surface area contributed by atoms with Crippen LogP contribution in [0.1, 0.15) is 18.4 Å². The molecule has 108 valence electrons. The van der Waals surface area contributed by atoms with Gasteiger partial charge in [0.1, 0.15) is 12.7 Å². The molecule has 0 aliphatic carbocycles. The van der Waals surface area contributed by atoms with E-state index in [1.165, 1.54) is 18.9 Å². The number of nitrogens with zero attached hydrogens (tertiary/aromatic N) is 2. The molecule has 0 saturated carbocycles. The zero-order valence-electron chi connectivity index (χ0n) is 11.4. The van der Waals surface area contributed by atoms with Crippen LogP contribution >= 0.6 is 0 Å². The number of hydrogen-bond acceptors (Lipinski definition) is 5. The molecule has 1 N–H and O–H groups in total. The predicted octanol–water partition coefficient (Wildman–Crippen LogP) is 1.09. The van der Waals surface area contributed by atoms with Crippen LogP contribution < -0.4 is 0 Å². The van der Waals surface area contributed by atoms with Crippen molar-refractivity contribution in [3.8, 4) is 0 Å². The van der Waals surface area contributed by atoms with Crippen molar-refractivity contribution in [3.63, 3.8) is 0 Å². The van der Waals surface area contributed by atoms with Crippen molar-refractivity contribution in [2.24, 2.45) is 0 Å². The van der Waals surface area contributed by atoms with Crippen molar-refractivity contribution in [1.82, 2.24) is 9.88 Å². The van der Waals surface area contributed by atoms with Crippen molar-refractivity contribution in [3.05, 3.63) is 36.2 Å². The van der Waals surface area contributed by atoms with Gasteiger partial charge in [0.15, 0.2) is 0 Å². The summed E-state index contributed by atoms with van der Waals surface area (Å²) in [5.74, 6) is -0.450. The molecule has 0 amide bonds. The summed E-state index contributed by atoms with van der Waals surface area (Å²) >= 11 is 0. The lowest BCUT2D eigenvalue weighted by Crippen LogP contribution is -2.33. The molecule has 5 nitrogen and oxygen atoms in total. The van der Waals surface area contributed by atoms with Gasteiger partial charge in [0.05, 0.1) is 0 Å². The third-order valence-electron chi connectivity index (χ3n) is 3.18. The van der Waals surface area contributed by atoms with E-state index in [0.29, 0.717) is 6.54 Å². The number of pyridine rings is 1. The van der Waals surface area contributed by atoms with Crippen LogP contribution in [0.2, 0.25) is 0 Å². The summed E-state index contributed by atoms with van der Waals surface area (Å²) in [6.45, 7) is 2.64. The standard InChI is InChI=1S/C15H20N2O3/c18-14(11-17-8-1-2-9-17)12-20-15(19)6-5-13-4-3-7-16-10-13/h3-7,10,14,18H,1-2,8-9,11-12H2. The van der Waals surface area contributed by atoms with Crippen LogP contribution in [0.5, 0.6) is 0 Å². The zero-order chi connectivity index (χ0) is 14.2. The summed E-state index contributed by atoms with van der Waals surface area (Å²) < 4.78 is 5.01. The van der Waals surface area contributed by atoms with Gasteiger partial charge in [-0.05, 0) is 43.6 Å². The van der Waals surface area contributed by atoms with Gasteiger partial charge in [-0.3, -0.25) is 4.98 Å². The van der Waals surface area contributed by atoms with E-state index in [0.717, 1.165) is 18.7 Å². The second-order valence-corrected chi connectivity index (χ2v) is 4.91. The minimum atomic E-state index is -0.621. The quantitative estimate of drug-likeness (QED) is 0.622. The molecule has 1 unspecified atom stereocenters. The van der Waals surface area contributed by atoms with Crippen LogP contribution in [-0.4, -0.2) is 53.3 Å². The molecule has 5 heteroatoms. The van der Waals surface area contributed by atoms with E-state index in [9.17, 15) is 9.90 Å². The van der Waals surface area contributed by atoms with E-state index in [4.69, 9.17) is 4.74 Å². The van der Waals surface area contributed by atoms with Gasteiger partial charge in [-0.2, -0.15) is 0 Å². The number of ether oxygens (including phenoxy) is 1. The minimum absolute atomic E-state index is 0.0344. The SMILES string of the molecule is O=C(C=Cc1cccnc1)OCC(O)CN1CCCC1. The van der Waals surface area contributed by atoms with Gasteiger partial charge in [0.2, 0.25) is 0 Å². The maximum atomic E-state index is 11.5. The Hall–Kier alpha value is -1.72. The molecule has 1 fully saturated rings. The smallest absolute Gasteiger partial charge is 0.330 e. The molecule has 2 heterocycles. The van der Waals surface area contributed by atoms with Gasteiger partial charge in [-0.15, -0.1) is 0 Å². The number of esters is 1. The molecule has 1 aliphatic rings. The van der Waals surface area contributed by atoms with E-state index < -0.39 is 12.1 Å². The summed E-state index contributed by atoms with van der Waals surface area (Å²) in [7, 11) is 0. The monoisotopic (exact) mass is 276 g/mol. The number of carbonyl (C=O) groups excluding carboxylic acids is 1. The molecule has 0 radical (unpaired) electrons. The number of β-amino-alcohol motifs (C(OH)–C–C–N with tert-alkyl or cyclic N) is 1. The van der Waals surface area contributed by atoms with Crippen molar-refractivity contribution in [1.29, 1.82) is 0 Å². The average molecular weight is 276 g/mol. The Morgan fingerprint density at radius 3 is 3.00 bits per heavy atom. The van der Waals surface area contributed by atoms with E-state index in [2.05, 4.69) is 9.88 Å². The third kappa shape index (κ3) is 5.11. The lowest BCUT2D eigenvalue weighted by molar-refractivity contribution is -0.140. The molecule has 2 rings (SSSR count). The first kappa shape index (κ1) is 14.7. The number of aromatic nitrogens is 1. The van der Waals surface area contributed by atoms with Gasteiger partial charge in [-0.25, -0.2) is 4.79 Å². The van der Waals surface area contributed by atoms with Crippen LogP contribution in [0.25, 0.3) is 6.08 Å². The van der Waals surface area contributed by atoms with E-state index in [1.54, 1.807) is 24.5 Å². The molecule has 1 atom stereocenters. The first-order valence-electron chi connectivity index (χ1n) is 6.89. The van der Waals surface area contributed by atoms with E-state index >= 15 is 0 Å². The lowest BCUT2D eigenvalue weighted by atomic mass is 10.2. The van der Waals surface area contributed by atoms with Crippen LogP contribution in [-0.2, 0) is 9.53 Å². The van der Waals surface area contributed by atoms with Gasteiger partial charge in [0.25, 0.3) is 0 Å². The summed E-state index contributed by atoms with van der Waals surface area (Å²) in [6, 6.07) is 3.64. The van der Waals surface area contributed by atoms with Crippen LogP contribution in [0.3, 0.4) is 0 Å². The molecule has 1 aromatic rings. The molecule has 20 heavy (non-hydrogen) atoms.